The molecule has 0 bridgehead atoms. The van der Waals surface area contributed by atoms with Gasteiger partial charge in [-0.25, -0.2) is 0 Å². The molecule has 3 rings (SSSR count). The highest BCUT2D eigenvalue weighted by Crippen LogP contribution is 2.19. The number of carbonyl (C=O) groups excluding carboxylic acids is 2. The average Bonchev–Trinajstić information content (AvgIpc) is 3.17. The molecule has 0 radical (unpaired) electrons. The molecule has 2 amide bonds. The van der Waals surface area contributed by atoms with Crippen molar-refractivity contribution in [3.8, 4) is 0 Å². The van der Waals surface area contributed by atoms with E-state index < -0.39 is 6.04 Å². The van der Waals surface area contributed by atoms with Gasteiger partial charge in [0.25, 0.3) is 0 Å². The van der Waals surface area contributed by atoms with Crippen LogP contribution in [0.25, 0.3) is 0 Å². The molecule has 4 nitrogen and oxygen atoms in total. The third kappa shape index (κ3) is 4.25. The van der Waals surface area contributed by atoms with E-state index in [1.807, 2.05) is 35.2 Å². The summed E-state index contributed by atoms with van der Waals surface area (Å²) < 4.78 is 0. The third-order valence-electron chi connectivity index (χ3n) is 4.95. The molecule has 1 saturated heterocycles. The third-order valence-corrected chi connectivity index (χ3v) is 4.95. The minimum absolute atomic E-state index is 0.000323. The van der Waals surface area contributed by atoms with E-state index in [0.717, 1.165) is 50.8 Å². The second-order valence-corrected chi connectivity index (χ2v) is 6.76. The Hall–Kier alpha value is -2.10. The van der Waals surface area contributed by atoms with Crippen LogP contribution in [0.3, 0.4) is 0 Å². The number of amides is 2. The van der Waals surface area contributed by atoms with E-state index >= 15 is 0 Å². The quantitative estimate of drug-likeness (QED) is 0.846. The van der Waals surface area contributed by atoms with E-state index in [1.165, 1.54) is 0 Å². The lowest BCUT2D eigenvalue weighted by Crippen LogP contribution is -2.50. The number of carbonyl (C=O) groups is 2. The van der Waals surface area contributed by atoms with Crippen LogP contribution < -0.4 is 5.32 Å². The van der Waals surface area contributed by atoms with Gasteiger partial charge in [-0.15, -0.1) is 0 Å². The standard InChI is InChI=1S/C20H26N2O2/c23-19(17-11-5-2-6-12-17)21-18(15-16-9-3-1-4-10-16)20(24)22-13-7-8-14-22/h1-5,9-10,17-18H,6-8,11-15H2,(H,21,23)/t17-,18+/m0/s1. The van der Waals surface area contributed by atoms with Crippen molar-refractivity contribution in [3.05, 3.63) is 48.0 Å². The second-order valence-electron chi connectivity index (χ2n) is 6.76. The van der Waals surface area contributed by atoms with Gasteiger partial charge < -0.3 is 10.2 Å². The van der Waals surface area contributed by atoms with Crippen LogP contribution in [-0.4, -0.2) is 35.8 Å². The normalized spacial score (nSPS) is 21.5. The lowest BCUT2D eigenvalue weighted by atomic mass is 9.93. The number of likely N-dealkylation sites (tertiary alicyclic amines) is 1. The van der Waals surface area contributed by atoms with E-state index in [9.17, 15) is 9.59 Å². The van der Waals surface area contributed by atoms with Gasteiger partial charge in [-0.05, 0) is 37.7 Å². The monoisotopic (exact) mass is 326 g/mol. The van der Waals surface area contributed by atoms with E-state index in [2.05, 4.69) is 17.5 Å². The van der Waals surface area contributed by atoms with Crippen molar-refractivity contribution in [3.63, 3.8) is 0 Å². The molecule has 128 valence electrons. The van der Waals surface area contributed by atoms with Crippen molar-refractivity contribution in [1.29, 1.82) is 0 Å². The Labute approximate surface area is 143 Å². The lowest BCUT2D eigenvalue weighted by molar-refractivity contribution is -0.136. The fraction of sp³-hybridized carbons (Fsp3) is 0.500. The van der Waals surface area contributed by atoms with Gasteiger partial charge in [0, 0.05) is 25.4 Å². The number of hydrogen-bond acceptors (Lipinski definition) is 2. The Morgan fingerprint density at radius 1 is 1.12 bits per heavy atom. The van der Waals surface area contributed by atoms with Crippen LogP contribution in [0.4, 0.5) is 0 Å². The van der Waals surface area contributed by atoms with Gasteiger partial charge in [-0.1, -0.05) is 42.5 Å². The highest BCUT2D eigenvalue weighted by atomic mass is 16.2. The zero-order valence-corrected chi connectivity index (χ0v) is 14.1. The summed E-state index contributed by atoms with van der Waals surface area (Å²) in [4.78, 5) is 27.4. The first-order valence-corrected chi connectivity index (χ1v) is 9.02. The Balaban J connectivity index is 1.69. The first kappa shape index (κ1) is 16.7. The van der Waals surface area contributed by atoms with Crippen molar-refractivity contribution in [1.82, 2.24) is 10.2 Å². The Morgan fingerprint density at radius 2 is 1.88 bits per heavy atom. The fourth-order valence-corrected chi connectivity index (χ4v) is 3.53. The number of hydrogen-bond donors (Lipinski definition) is 1. The molecule has 1 aromatic rings. The largest absolute Gasteiger partial charge is 0.344 e. The zero-order valence-electron chi connectivity index (χ0n) is 14.1. The topological polar surface area (TPSA) is 49.4 Å². The van der Waals surface area contributed by atoms with Crippen molar-refractivity contribution in [2.75, 3.05) is 13.1 Å². The smallest absolute Gasteiger partial charge is 0.245 e. The summed E-state index contributed by atoms with van der Waals surface area (Å²) >= 11 is 0. The maximum Gasteiger partial charge on any atom is 0.245 e. The number of allylic oxidation sites excluding steroid dienone is 2. The zero-order chi connectivity index (χ0) is 16.8. The molecule has 1 fully saturated rings. The molecule has 0 saturated carbocycles. The molecule has 4 heteroatoms. The Kier molecular flexibility index (Phi) is 5.68. The molecule has 2 aliphatic rings. The summed E-state index contributed by atoms with van der Waals surface area (Å²) in [5.74, 6) is 0.0866. The molecule has 0 spiro atoms. The van der Waals surface area contributed by atoms with E-state index in [1.54, 1.807) is 0 Å². The predicted molar refractivity (Wildman–Crippen MR) is 94.4 cm³/mol. The second kappa shape index (κ2) is 8.13. The molecule has 1 aromatic carbocycles. The Morgan fingerprint density at radius 3 is 2.54 bits per heavy atom. The summed E-state index contributed by atoms with van der Waals surface area (Å²) in [6, 6.07) is 9.48. The predicted octanol–water partition coefficient (Wildman–Crippen LogP) is 2.69. The van der Waals surface area contributed by atoms with Crippen LogP contribution in [0.15, 0.2) is 42.5 Å². The van der Waals surface area contributed by atoms with Crippen LogP contribution >= 0.6 is 0 Å². The molecule has 0 aromatic heterocycles. The summed E-state index contributed by atoms with van der Waals surface area (Å²) in [5.41, 5.74) is 1.08. The lowest BCUT2D eigenvalue weighted by Gasteiger charge is -2.26. The highest BCUT2D eigenvalue weighted by molar-refractivity contribution is 5.89. The fourth-order valence-electron chi connectivity index (χ4n) is 3.53. The van der Waals surface area contributed by atoms with E-state index in [0.29, 0.717) is 6.42 Å². The van der Waals surface area contributed by atoms with Crippen LogP contribution in [0, 0.1) is 5.92 Å². The van der Waals surface area contributed by atoms with Crippen molar-refractivity contribution >= 4 is 11.8 Å². The molecule has 1 aliphatic heterocycles. The molecule has 24 heavy (non-hydrogen) atoms. The van der Waals surface area contributed by atoms with E-state index in [4.69, 9.17) is 0 Å². The molecule has 1 N–H and O–H groups in total. The summed E-state index contributed by atoms with van der Waals surface area (Å²) in [6.45, 7) is 1.62. The Bertz CT molecular complexity index is 591. The maximum atomic E-state index is 12.9. The summed E-state index contributed by atoms with van der Waals surface area (Å²) in [5, 5.41) is 3.05. The van der Waals surface area contributed by atoms with Gasteiger partial charge in [-0.2, -0.15) is 0 Å². The SMILES string of the molecule is O=C(N[C@H](Cc1ccccc1)C(=O)N1CCCC1)[C@H]1CC=CCC1. The number of nitrogens with one attached hydrogen (secondary N) is 1. The molecular weight excluding hydrogens is 300 g/mol. The first-order chi connectivity index (χ1) is 11.7. The van der Waals surface area contributed by atoms with Crippen molar-refractivity contribution in [2.24, 2.45) is 5.92 Å². The van der Waals surface area contributed by atoms with Crippen LogP contribution in [-0.2, 0) is 16.0 Å². The minimum Gasteiger partial charge on any atom is -0.344 e. The maximum absolute atomic E-state index is 12.9. The van der Waals surface area contributed by atoms with Gasteiger partial charge in [-0.3, -0.25) is 9.59 Å². The van der Waals surface area contributed by atoms with E-state index in [-0.39, 0.29) is 17.7 Å². The van der Waals surface area contributed by atoms with Crippen molar-refractivity contribution < 1.29 is 9.59 Å². The molecule has 1 heterocycles. The molecule has 1 aliphatic carbocycles. The van der Waals surface area contributed by atoms with Gasteiger partial charge in [0.2, 0.25) is 11.8 Å². The molecule has 0 unspecified atom stereocenters. The van der Waals surface area contributed by atoms with Crippen molar-refractivity contribution in [2.45, 2.75) is 44.6 Å². The molecule has 2 atom stereocenters. The summed E-state index contributed by atoms with van der Waals surface area (Å²) in [7, 11) is 0. The van der Waals surface area contributed by atoms with Crippen LogP contribution in [0.5, 0.6) is 0 Å². The number of rotatable bonds is 5. The number of nitrogens with zero attached hydrogens (tertiary/aromatic N) is 1. The van der Waals surface area contributed by atoms with Gasteiger partial charge in [0.1, 0.15) is 6.04 Å². The summed E-state index contributed by atoms with van der Waals surface area (Å²) in [6.07, 6.45) is 9.48. The first-order valence-electron chi connectivity index (χ1n) is 9.02. The van der Waals surface area contributed by atoms with Crippen LogP contribution in [0.2, 0.25) is 0 Å². The highest BCUT2D eigenvalue weighted by Gasteiger charge is 2.30. The van der Waals surface area contributed by atoms with Crippen LogP contribution in [0.1, 0.15) is 37.7 Å². The number of benzene rings is 1. The van der Waals surface area contributed by atoms with Gasteiger partial charge in [0.15, 0.2) is 0 Å². The minimum atomic E-state index is -0.455. The molecular formula is C20H26N2O2. The van der Waals surface area contributed by atoms with Gasteiger partial charge in [0.05, 0.1) is 0 Å². The average molecular weight is 326 g/mol. The van der Waals surface area contributed by atoms with Gasteiger partial charge >= 0.3 is 0 Å².